The van der Waals surface area contributed by atoms with Gasteiger partial charge in [-0.2, -0.15) is 0 Å². The summed E-state index contributed by atoms with van der Waals surface area (Å²) in [5.41, 5.74) is 1.33. The quantitative estimate of drug-likeness (QED) is 0.799. The van der Waals surface area contributed by atoms with E-state index in [0.29, 0.717) is 24.0 Å². The van der Waals surface area contributed by atoms with Gasteiger partial charge >= 0.3 is 0 Å². The number of rotatable bonds is 1. The number of aromatic amines is 1. The third kappa shape index (κ3) is 1.86. The molecule has 1 aliphatic rings. The number of hydrogen-bond donors (Lipinski definition) is 2. The van der Waals surface area contributed by atoms with E-state index in [1.807, 2.05) is 0 Å². The Hall–Kier alpha value is -1.88. The maximum absolute atomic E-state index is 13.3. The number of carbonyl (C=O) groups is 1. The first-order valence-corrected chi connectivity index (χ1v) is 6.02. The van der Waals surface area contributed by atoms with Gasteiger partial charge in [-0.15, -0.1) is 0 Å². The standard InChI is InChI=1S/C13H14FN3O/c14-9-1-2-12-10(7-9)11(8-16-12)13(18)17-5-3-15-4-6-17/h1-2,7-8,15-16H,3-6H2. The van der Waals surface area contributed by atoms with E-state index in [1.165, 1.54) is 12.1 Å². The Labute approximate surface area is 104 Å². The summed E-state index contributed by atoms with van der Waals surface area (Å²) >= 11 is 0. The minimum atomic E-state index is -0.323. The van der Waals surface area contributed by atoms with Crippen molar-refractivity contribution in [1.29, 1.82) is 0 Å². The van der Waals surface area contributed by atoms with Crippen LogP contribution in [0.15, 0.2) is 24.4 Å². The highest BCUT2D eigenvalue weighted by molar-refractivity contribution is 6.06. The first-order chi connectivity index (χ1) is 8.75. The van der Waals surface area contributed by atoms with Crippen molar-refractivity contribution in [2.24, 2.45) is 0 Å². The van der Waals surface area contributed by atoms with Crippen LogP contribution in [0.5, 0.6) is 0 Å². The molecule has 0 atom stereocenters. The maximum atomic E-state index is 13.3. The molecule has 1 aromatic heterocycles. The number of halogens is 1. The zero-order chi connectivity index (χ0) is 12.5. The van der Waals surface area contributed by atoms with Crippen LogP contribution in [0.2, 0.25) is 0 Å². The van der Waals surface area contributed by atoms with Crippen LogP contribution in [0.25, 0.3) is 10.9 Å². The normalized spacial score (nSPS) is 16.2. The lowest BCUT2D eigenvalue weighted by molar-refractivity contribution is 0.0738. The van der Waals surface area contributed by atoms with Crippen molar-refractivity contribution in [1.82, 2.24) is 15.2 Å². The van der Waals surface area contributed by atoms with Gasteiger partial charge in [0.1, 0.15) is 5.82 Å². The molecule has 3 rings (SSSR count). The molecule has 2 aromatic rings. The molecule has 1 saturated heterocycles. The first kappa shape index (κ1) is 11.2. The summed E-state index contributed by atoms with van der Waals surface area (Å²) in [6.07, 6.45) is 1.66. The van der Waals surface area contributed by atoms with Crippen LogP contribution >= 0.6 is 0 Å². The molecule has 94 valence electrons. The van der Waals surface area contributed by atoms with Crippen LogP contribution in [-0.4, -0.2) is 42.0 Å². The zero-order valence-electron chi connectivity index (χ0n) is 9.87. The number of nitrogens with zero attached hydrogens (tertiary/aromatic N) is 1. The molecule has 18 heavy (non-hydrogen) atoms. The first-order valence-electron chi connectivity index (χ1n) is 6.02. The van der Waals surface area contributed by atoms with Crippen molar-refractivity contribution in [3.63, 3.8) is 0 Å². The average Bonchev–Trinajstić information content (AvgIpc) is 2.82. The number of fused-ring (bicyclic) bond motifs is 1. The molecule has 0 spiro atoms. The summed E-state index contributed by atoms with van der Waals surface area (Å²) in [6, 6.07) is 4.44. The second kappa shape index (κ2) is 4.42. The van der Waals surface area contributed by atoms with E-state index >= 15 is 0 Å². The minimum absolute atomic E-state index is 0.0339. The molecule has 5 heteroatoms. The Balaban J connectivity index is 1.98. The molecular formula is C13H14FN3O. The summed E-state index contributed by atoms with van der Waals surface area (Å²) in [4.78, 5) is 17.1. The molecule has 2 heterocycles. The van der Waals surface area contributed by atoms with Gasteiger partial charge in [0.05, 0.1) is 5.56 Å². The van der Waals surface area contributed by atoms with Crippen LogP contribution in [0, 0.1) is 5.82 Å². The van der Waals surface area contributed by atoms with Gasteiger partial charge < -0.3 is 15.2 Å². The Bertz CT molecular complexity index is 587. The highest BCUT2D eigenvalue weighted by Crippen LogP contribution is 2.21. The number of carbonyl (C=O) groups excluding carboxylic acids is 1. The van der Waals surface area contributed by atoms with Gasteiger partial charge in [-0.05, 0) is 18.2 Å². The van der Waals surface area contributed by atoms with E-state index in [2.05, 4.69) is 10.3 Å². The number of amides is 1. The minimum Gasteiger partial charge on any atom is -0.360 e. The van der Waals surface area contributed by atoms with Crippen LogP contribution in [-0.2, 0) is 0 Å². The zero-order valence-corrected chi connectivity index (χ0v) is 9.87. The van der Waals surface area contributed by atoms with Crippen LogP contribution < -0.4 is 5.32 Å². The summed E-state index contributed by atoms with van der Waals surface area (Å²) in [6.45, 7) is 3.01. The van der Waals surface area contributed by atoms with E-state index in [0.717, 1.165) is 18.6 Å². The number of nitrogens with one attached hydrogen (secondary N) is 2. The third-order valence-corrected chi connectivity index (χ3v) is 3.28. The van der Waals surface area contributed by atoms with Crippen molar-refractivity contribution in [3.8, 4) is 0 Å². The average molecular weight is 247 g/mol. The van der Waals surface area contributed by atoms with E-state index in [9.17, 15) is 9.18 Å². The molecule has 0 radical (unpaired) electrons. The van der Waals surface area contributed by atoms with Crippen molar-refractivity contribution < 1.29 is 9.18 Å². The highest BCUT2D eigenvalue weighted by atomic mass is 19.1. The molecule has 1 aromatic carbocycles. The molecule has 1 amide bonds. The number of benzene rings is 1. The molecule has 2 N–H and O–H groups in total. The molecule has 0 unspecified atom stereocenters. The summed E-state index contributed by atoms with van der Waals surface area (Å²) in [7, 11) is 0. The fourth-order valence-electron chi connectivity index (χ4n) is 2.31. The second-order valence-electron chi connectivity index (χ2n) is 4.43. The van der Waals surface area contributed by atoms with Gasteiger partial charge in [-0.1, -0.05) is 0 Å². The molecule has 1 aliphatic heterocycles. The fourth-order valence-corrected chi connectivity index (χ4v) is 2.31. The SMILES string of the molecule is O=C(c1c[nH]c2ccc(F)cc12)N1CCNCC1. The molecular weight excluding hydrogens is 233 g/mol. The lowest BCUT2D eigenvalue weighted by atomic mass is 10.1. The van der Waals surface area contributed by atoms with E-state index in [1.54, 1.807) is 17.2 Å². The van der Waals surface area contributed by atoms with Crippen molar-refractivity contribution in [2.45, 2.75) is 0 Å². The number of H-pyrrole nitrogens is 1. The van der Waals surface area contributed by atoms with Gasteiger partial charge in [-0.3, -0.25) is 4.79 Å². The smallest absolute Gasteiger partial charge is 0.256 e. The van der Waals surface area contributed by atoms with Crippen molar-refractivity contribution >= 4 is 16.8 Å². The van der Waals surface area contributed by atoms with Gasteiger partial charge in [0.2, 0.25) is 0 Å². The van der Waals surface area contributed by atoms with Crippen molar-refractivity contribution in [2.75, 3.05) is 26.2 Å². The summed E-state index contributed by atoms with van der Waals surface area (Å²) < 4.78 is 13.3. The Morgan fingerprint density at radius 1 is 1.28 bits per heavy atom. The largest absolute Gasteiger partial charge is 0.360 e. The van der Waals surface area contributed by atoms with Gasteiger partial charge in [-0.25, -0.2) is 4.39 Å². The predicted molar refractivity (Wildman–Crippen MR) is 67.0 cm³/mol. The summed E-state index contributed by atoms with van der Waals surface area (Å²) in [5, 5.41) is 3.85. The van der Waals surface area contributed by atoms with E-state index in [4.69, 9.17) is 0 Å². The van der Waals surface area contributed by atoms with Crippen LogP contribution in [0.1, 0.15) is 10.4 Å². The van der Waals surface area contributed by atoms with Gasteiger partial charge in [0, 0.05) is 43.3 Å². The number of hydrogen-bond acceptors (Lipinski definition) is 2. The molecule has 0 aliphatic carbocycles. The lowest BCUT2D eigenvalue weighted by Gasteiger charge is -2.27. The predicted octanol–water partition coefficient (Wildman–Crippen LogP) is 1.35. The van der Waals surface area contributed by atoms with Gasteiger partial charge in [0.15, 0.2) is 0 Å². The number of piperazine rings is 1. The van der Waals surface area contributed by atoms with Crippen LogP contribution in [0.4, 0.5) is 4.39 Å². The number of aromatic nitrogens is 1. The van der Waals surface area contributed by atoms with Crippen LogP contribution in [0.3, 0.4) is 0 Å². The van der Waals surface area contributed by atoms with E-state index in [-0.39, 0.29) is 11.7 Å². The molecule has 1 fully saturated rings. The van der Waals surface area contributed by atoms with Gasteiger partial charge in [0.25, 0.3) is 5.91 Å². The highest BCUT2D eigenvalue weighted by Gasteiger charge is 2.20. The fraction of sp³-hybridized carbons (Fsp3) is 0.308. The Morgan fingerprint density at radius 2 is 2.06 bits per heavy atom. The monoisotopic (exact) mass is 247 g/mol. The molecule has 0 bridgehead atoms. The Kier molecular flexibility index (Phi) is 2.76. The van der Waals surface area contributed by atoms with E-state index < -0.39 is 0 Å². The third-order valence-electron chi connectivity index (χ3n) is 3.28. The molecule has 4 nitrogen and oxygen atoms in total. The molecule has 0 saturated carbocycles. The Morgan fingerprint density at radius 3 is 2.83 bits per heavy atom. The maximum Gasteiger partial charge on any atom is 0.256 e. The summed E-state index contributed by atoms with van der Waals surface area (Å²) in [5.74, 6) is -0.357. The lowest BCUT2D eigenvalue weighted by Crippen LogP contribution is -2.46. The van der Waals surface area contributed by atoms with Crippen molar-refractivity contribution in [3.05, 3.63) is 35.8 Å². The second-order valence-corrected chi connectivity index (χ2v) is 4.43. The topological polar surface area (TPSA) is 48.1 Å².